The molecule has 4 rings (SSSR count). The smallest absolute Gasteiger partial charge is 0.232 e. The Morgan fingerprint density at radius 1 is 1.13 bits per heavy atom. The van der Waals surface area contributed by atoms with Crippen LogP contribution < -0.4 is 5.32 Å². The quantitative estimate of drug-likeness (QED) is 0.720. The Morgan fingerprint density at radius 2 is 1.87 bits per heavy atom. The molecule has 2 aromatic rings. The highest BCUT2D eigenvalue weighted by Crippen LogP contribution is 2.39. The number of nitrogens with one attached hydrogen (secondary N) is 1. The minimum absolute atomic E-state index is 0.0980. The molecule has 0 radical (unpaired) electrons. The van der Waals surface area contributed by atoms with Gasteiger partial charge in [-0.15, -0.1) is 0 Å². The SMILES string of the molecule is CC(=O)Cc1ccc(Sc2nc(NC3=NCC(C(C)(C)C)=C3)nc(C3CC3)n2)cc1. The Balaban J connectivity index is 1.52. The Bertz CT molecular complexity index is 1020. The van der Waals surface area contributed by atoms with Crippen LogP contribution in [0.5, 0.6) is 0 Å². The van der Waals surface area contributed by atoms with Crippen LogP contribution in [0.25, 0.3) is 0 Å². The second kappa shape index (κ2) is 8.30. The summed E-state index contributed by atoms with van der Waals surface area (Å²) in [6.45, 7) is 8.90. The number of anilines is 1. The fourth-order valence-corrected chi connectivity index (χ4v) is 3.89. The third-order valence-corrected chi connectivity index (χ3v) is 5.97. The van der Waals surface area contributed by atoms with Gasteiger partial charge in [-0.3, -0.25) is 9.79 Å². The van der Waals surface area contributed by atoms with Crippen molar-refractivity contribution in [3.05, 3.63) is 47.3 Å². The predicted molar refractivity (Wildman–Crippen MR) is 120 cm³/mol. The summed E-state index contributed by atoms with van der Waals surface area (Å²) in [6.07, 6.45) is 4.81. The van der Waals surface area contributed by atoms with E-state index in [1.54, 1.807) is 6.92 Å². The van der Waals surface area contributed by atoms with Gasteiger partial charge in [0.1, 0.15) is 17.4 Å². The first-order chi connectivity index (χ1) is 14.3. The van der Waals surface area contributed by atoms with E-state index in [9.17, 15) is 4.79 Å². The number of ketones is 1. The zero-order valence-electron chi connectivity index (χ0n) is 17.9. The molecule has 1 aliphatic heterocycles. The summed E-state index contributed by atoms with van der Waals surface area (Å²) in [7, 11) is 0. The molecular weight excluding hydrogens is 394 g/mol. The molecule has 0 bridgehead atoms. The van der Waals surface area contributed by atoms with Crippen molar-refractivity contribution < 1.29 is 4.79 Å². The molecule has 1 saturated carbocycles. The van der Waals surface area contributed by atoms with Gasteiger partial charge in [0, 0.05) is 17.2 Å². The largest absolute Gasteiger partial charge is 0.309 e. The summed E-state index contributed by atoms with van der Waals surface area (Å²) in [5, 5.41) is 3.96. The lowest BCUT2D eigenvalue weighted by atomic mass is 9.87. The molecule has 0 unspecified atom stereocenters. The zero-order chi connectivity index (χ0) is 21.3. The molecule has 30 heavy (non-hydrogen) atoms. The highest BCUT2D eigenvalue weighted by molar-refractivity contribution is 7.99. The van der Waals surface area contributed by atoms with Gasteiger partial charge in [-0.25, -0.2) is 4.98 Å². The van der Waals surface area contributed by atoms with E-state index in [0.717, 1.165) is 35.0 Å². The van der Waals surface area contributed by atoms with Crippen LogP contribution in [0.3, 0.4) is 0 Å². The number of hydrogen-bond acceptors (Lipinski definition) is 7. The highest BCUT2D eigenvalue weighted by atomic mass is 32.2. The zero-order valence-corrected chi connectivity index (χ0v) is 18.7. The van der Waals surface area contributed by atoms with Crippen LogP contribution in [0.2, 0.25) is 0 Å². The first-order valence-corrected chi connectivity index (χ1v) is 11.1. The van der Waals surface area contributed by atoms with Gasteiger partial charge in [0.25, 0.3) is 0 Å². The third-order valence-electron chi connectivity index (χ3n) is 5.09. The molecule has 7 heteroatoms. The summed E-state index contributed by atoms with van der Waals surface area (Å²) < 4.78 is 0. The summed E-state index contributed by atoms with van der Waals surface area (Å²) in [5.74, 6) is 2.79. The van der Waals surface area contributed by atoms with Crippen molar-refractivity contribution in [2.24, 2.45) is 10.4 Å². The minimum Gasteiger partial charge on any atom is -0.309 e. The molecule has 156 valence electrons. The van der Waals surface area contributed by atoms with Crippen molar-refractivity contribution in [1.29, 1.82) is 0 Å². The maximum Gasteiger partial charge on any atom is 0.232 e. The van der Waals surface area contributed by atoms with Gasteiger partial charge in [-0.1, -0.05) is 32.9 Å². The van der Waals surface area contributed by atoms with E-state index in [1.807, 2.05) is 24.3 Å². The second-order valence-corrected chi connectivity index (χ2v) is 9.99. The van der Waals surface area contributed by atoms with E-state index in [0.29, 0.717) is 30.0 Å². The second-order valence-electron chi connectivity index (χ2n) is 8.94. The van der Waals surface area contributed by atoms with E-state index >= 15 is 0 Å². The molecule has 0 amide bonds. The minimum atomic E-state index is 0.0980. The van der Waals surface area contributed by atoms with Crippen LogP contribution in [-0.2, 0) is 11.2 Å². The molecule has 1 aromatic carbocycles. The standard InChI is InChI=1S/C23H27N5OS/c1-14(29)11-15-5-9-18(10-6-15)30-22-27-20(16-7-8-16)26-21(28-22)25-19-12-17(13-24-19)23(2,3)4/h5-6,9-10,12,16H,7-8,11,13H2,1-4H3,(H,24,25,26,27,28). The van der Waals surface area contributed by atoms with Gasteiger partial charge in [0.15, 0.2) is 5.16 Å². The van der Waals surface area contributed by atoms with Crippen LogP contribution in [0, 0.1) is 5.41 Å². The van der Waals surface area contributed by atoms with Crippen LogP contribution in [-0.4, -0.2) is 33.1 Å². The summed E-state index contributed by atoms with van der Waals surface area (Å²) in [6, 6.07) is 7.99. The number of carbonyl (C=O) groups excluding carboxylic acids is 1. The number of Topliss-reactive ketones (excluding diaryl/α,β-unsaturated/α-hetero) is 1. The Morgan fingerprint density at radius 3 is 2.47 bits per heavy atom. The van der Waals surface area contributed by atoms with Crippen LogP contribution in [0.15, 0.2) is 51.0 Å². The van der Waals surface area contributed by atoms with Crippen molar-refractivity contribution in [2.75, 3.05) is 11.9 Å². The molecule has 0 saturated heterocycles. The number of benzene rings is 1. The molecule has 1 N–H and O–H groups in total. The van der Waals surface area contributed by atoms with Gasteiger partial charge in [-0.05, 0) is 66.3 Å². The molecule has 2 aliphatic rings. The van der Waals surface area contributed by atoms with E-state index in [2.05, 4.69) is 52.1 Å². The van der Waals surface area contributed by atoms with E-state index in [1.165, 1.54) is 17.3 Å². The van der Waals surface area contributed by atoms with E-state index in [-0.39, 0.29) is 11.2 Å². The molecule has 6 nitrogen and oxygen atoms in total. The molecule has 1 aliphatic carbocycles. The van der Waals surface area contributed by atoms with Gasteiger partial charge in [0.05, 0.1) is 6.54 Å². The fraction of sp³-hybridized carbons (Fsp3) is 0.435. The first kappa shape index (κ1) is 20.7. The van der Waals surface area contributed by atoms with Crippen molar-refractivity contribution >= 4 is 29.3 Å². The maximum absolute atomic E-state index is 11.3. The van der Waals surface area contributed by atoms with Crippen LogP contribution >= 0.6 is 11.8 Å². The predicted octanol–water partition coefficient (Wildman–Crippen LogP) is 4.83. The molecule has 1 fully saturated rings. The average Bonchev–Trinajstić information content (AvgIpc) is 3.41. The lowest BCUT2D eigenvalue weighted by molar-refractivity contribution is -0.116. The molecule has 0 spiro atoms. The number of hydrogen-bond donors (Lipinski definition) is 1. The molecule has 0 atom stereocenters. The van der Waals surface area contributed by atoms with Crippen LogP contribution in [0.4, 0.5) is 5.95 Å². The Labute approximate surface area is 181 Å². The van der Waals surface area contributed by atoms with Crippen molar-refractivity contribution in [1.82, 2.24) is 15.0 Å². The lowest BCUT2D eigenvalue weighted by Crippen LogP contribution is -2.13. The summed E-state index contributed by atoms with van der Waals surface area (Å²) in [5.41, 5.74) is 2.41. The number of amidine groups is 1. The average molecular weight is 422 g/mol. The first-order valence-electron chi connectivity index (χ1n) is 10.3. The lowest BCUT2D eigenvalue weighted by Gasteiger charge is -2.18. The third kappa shape index (κ3) is 5.33. The van der Waals surface area contributed by atoms with E-state index < -0.39 is 0 Å². The molecule has 1 aromatic heterocycles. The number of aromatic nitrogens is 3. The Kier molecular flexibility index (Phi) is 5.73. The maximum atomic E-state index is 11.3. The van der Waals surface area contributed by atoms with Gasteiger partial charge in [0.2, 0.25) is 5.95 Å². The van der Waals surface area contributed by atoms with E-state index in [4.69, 9.17) is 0 Å². The monoisotopic (exact) mass is 421 g/mol. The van der Waals surface area contributed by atoms with Gasteiger partial charge < -0.3 is 5.32 Å². The number of rotatable bonds is 6. The normalized spacial score (nSPS) is 16.3. The van der Waals surface area contributed by atoms with Crippen molar-refractivity contribution in [3.63, 3.8) is 0 Å². The van der Waals surface area contributed by atoms with Gasteiger partial charge >= 0.3 is 0 Å². The van der Waals surface area contributed by atoms with Gasteiger partial charge in [-0.2, -0.15) is 9.97 Å². The highest BCUT2D eigenvalue weighted by Gasteiger charge is 2.28. The van der Waals surface area contributed by atoms with Crippen molar-refractivity contribution in [2.45, 2.75) is 62.9 Å². The number of aliphatic imine (C=N–C) groups is 1. The molecular formula is C23H27N5OS. The van der Waals surface area contributed by atoms with Crippen LogP contribution in [0.1, 0.15) is 57.8 Å². The summed E-state index contributed by atoms with van der Waals surface area (Å²) >= 11 is 1.51. The fourth-order valence-electron chi connectivity index (χ4n) is 3.14. The topological polar surface area (TPSA) is 80.1 Å². The van der Waals surface area contributed by atoms with Crippen molar-refractivity contribution in [3.8, 4) is 0 Å². The Hall–Kier alpha value is -2.54. The molecule has 2 heterocycles. The summed E-state index contributed by atoms with van der Waals surface area (Å²) in [4.78, 5) is 30.9. The number of nitrogens with zero attached hydrogens (tertiary/aromatic N) is 4. The number of carbonyl (C=O) groups is 1.